The van der Waals surface area contributed by atoms with Crippen LogP contribution in [-0.4, -0.2) is 36.9 Å². The summed E-state index contributed by atoms with van der Waals surface area (Å²) in [7, 11) is -2.55. The second-order valence-electron chi connectivity index (χ2n) is 4.50. The van der Waals surface area contributed by atoms with E-state index in [0.29, 0.717) is 0 Å². The number of sulfonamides is 1. The van der Waals surface area contributed by atoms with E-state index in [9.17, 15) is 17.6 Å². The normalized spacial score (nSPS) is 12.2. The Labute approximate surface area is 111 Å². The summed E-state index contributed by atoms with van der Waals surface area (Å²) in [5.41, 5.74) is -0.476. The zero-order chi connectivity index (χ0) is 15.0. The van der Waals surface area contributed by atoms with E-state index in [-0.39, 0.29) is 22.1 Å². The average Bonchev–Trinajstić information content (AvgIpc) is 2.30. The molecule has 0 aliphatic carbocycles. The Morgan fingerprint density at radius 1 is 1.37 bits per heavy atom. The highest BCUT2D eigenvalue weighted by Gasteiger charge is 2.27. The van der Waals surface area contributed by atoms with Gasteiger partial charge in [0.15, 0.2) is 0 Å². The van der Waals surface area contributed by atoms with E-state index < -0.39 is 21.8 Å². The molecule has 5 nitrogen and oxygen atoms in total. The molecule has 0 aliphatic rings. The molecule has 0 heterocycles. The summed E-state index contributed by atoms with van der Waals surface area (Å²) < 4.78 is 39.3. The van der Waals surface area contributed by atoms with Crippen LogP contribution in [0.5, 0.6) is 0 Å². The lowest BCUT2D eigenvalue weighted by atomic mass is 10.1. The van der Waals surface area contributed by atoms with Gasteiger partial charge in [0, 0.05) is 18.7 Å². The summed E-state index contributed by atoms with van der Waals surface area (Å²) in [5.74, 6) is -2.22. The number of halogens is 1. The lowest BCUT2D eigenvalue weighted by molar-refractivity contribution is 0.0696. The van der Waals surface area contributed by atoms with Crippen molar-refractivity contribution in [3.63, 3.8) is 0 Å². The fourth-order valence-corrected chi connectivity index (χ4v) is 3.10. The summed E-state index contributed by atoms with van der Waals surface area (Å²) in [6.07, 6.45) is 0. The zero-order valence-electron chi connectivity index (χ0n) is 11.1. The van der Waals surface area contributed by atoms with E-state index in [4.69, 9.17) is 5.11 Å². The molecule has 0 saturated heterocycles. The molecule has 0 aliphatic heterocycles. The SMILES string of the molecule is Cc1c(F)cc(C(=O)O)cc1S(=O)(=O)N(C)C(C)C. The van der Waals surface area contributed by atoms with Gasteiger partial charge in [-0.25, -0.2) is 17.6 Å². The zero-order valence-corrected chi connectivity index (χ0v) is 12.0. The first-order valence-corrected chi connectivity index (χ1v) is 7.04. The van der Waals surface area contributed by atoms with Crippen LogP contribution in [0.15, 0.2) is 17.0 Å². The summed E-state index contributed by atoms with van der Waals surface area (Å²) in [5, 5.41) is 8.86. The van der Waals surface area contributed by atoms with Crippen LogP contribution < -0.4 is 0 Å². The van der Waals surface area contributed by atoms with Crippen molar-refractivity contribution in [1.82, 2.24) is 4.31 Å². The first-order chi connectivity index (χ1) is 8.59. The molecule has 0 radical (unpaired) electrons. The van der Waals surface area contributed by atoms with E-state index >= 15 is 0 Å². The molecular formula is C12H16FNO4S. The number of rotatable bonds is 4. The van der Waals surface area contributed by atoms with Gasteiger partial charge in [-0.15, -0.1) is 0 Å². The first-order valence-electron chi connectivity index (χ1n) is 5.60. The maximum absolute atomic E-state index is 13.6. The predicted molar refractivity (Wildman–Crippen MR) is 68.2 cm³/mol. The highest BCUT2D eigenvalue weighted by Crippen LogP contribution is 2.24. The minimum absolute atomic E-state index is 0.0856. The van der Waals surface area contributed by atoms with Gasteiger partial charge in [-0.2, -0.15) is 4.31 Å². The Morgan fingerprint density at radius 2 is 1.89 bits per heavy atom. The largest absolute Gasteiger partial charge is 0.478 e. The quantitative estimate of drug-likeness (QED) is 0.918. The Balaban J connectivity index is 3.54. The van der Waals surface area contributed by atoms with Gasteiger partial charge in [-0.05, 0) is 32.9 Å². The maximum Gasteiger partial charge on any atom is 0.335 e. The van der Waals surface area contributed by atoms with Crippen molar-refractivity contribution in [3.8, 4) is 0 Å². The molecule has 7 heteroatoms. The molecule has 1 N–H and O–H groups in total. The number of nitrogens with zero attached hydrogens (tertiary/aromatic N) is 1. The number of benzene rings is 1. The van der Waals surface area contributed by atoms with E-state index in [1.54, 1.807) is 13.8 Å². The third-order valence-electron chi connectivity index (χ3n) is 2.93. The third kappa shape index (κ3) is 2.93. The molecule has 0 amide bonds. The summed E-state index contributed by atoms with van der Waals surface area (Å²) >= 11 is 0. The lowest BCUT2D eigenvalue weighted by Crippen LogP contribution is -2.33. The van der Waals surface area contributed by atoms with Crippen LogP contribution in [0.4, 0.5) is 4.39 Å². The van der Waals surface area contributed by atoms with Gasteiger partial charge in [-0.1, -0.05) is 0 Å². The monoisotopic (exact) mass is 289 g/mol. The fourth-order valence-electron chi connectivity index (χ4n) is 1.48. The van der Waals surface area contributed by atoms with Gasteiger partial charge in [-0.3, -0.25) is 0 Å². The van der Waals surface area contributed by atoms with Crippen LogP contribution in [0.3, 0.4) is 0 Å². The molecule has 0 unspecified atom stereocenters. The van der Waals surface area contributed by atoms with Crippen molar-refractivity contribution in [2.75, 3.05) is 7.05 Å². The molecular weight excluding hydrogens is 273 g/mol. The molecule has 106 valence electrons. The highest BCUT2D eigenvalue weighted by molar-refractivity contribution is 7.89. The van der Waals surface area contributed by atoms with Crippen LogP contribution in [0.25, 0.3) is 0 Å². The Hall–Kier alpha value is -1.47. The maximum atomic E-state index is 13.6. The van der Waals surface area contributed by atoms with Crippen molar-refractivity contribution in [2.45, 2.75) is 31.7 Å². The smallest absolute Gasteiger partial charge is 0.335 e. The van der Waals surface area contributed by atoms with Crippen molar-refractivity contribution in [2.24, 2.45) is 0 Å². The summed E-state index contributed by atoms with van der Waals surface area (Å²) in [6.45, 7) is 4.65. The second-order valence-corrected chi connectivity index (χ2v) is 6.47. The average molecular weight is 289 g/mol. The van der Waals surface area contributed by atoms with Crippen LogP contribution in [0, 0.1) is 12.7 Å². The Kier molecular flexibility index (Phi) is 4.32. The van der Waals surface area contributed by atoms with Gasteiger partial charge in [0.05, 0.1) is 10.5 Å². The minimum atomic E-state index is -3.92. The van der Waals surface area contributed by atoms with Crippen molar-refractivity contribution in [3.05, 3.63) is 29.1 Å². The van der Waals surface area contributed by atoms with Crippen molar-refractivity contribution >= 4 is 16.0 Å². The third-order valence-corrected chi connectivity index (χ3v) is 5.09. The minimum Gasteiger partial charge on any atom is -0.478 e. The Bertz CT molecular complexity index is 610. The molecule has 1 aromatic carbocycles. The van der Waals surface area contributed by atoms with Crippen molar-refractivity contribution in [1.29, 1.82) is 0 Å². The number of carboxylic acids is 1. The standard InChI is InChI=1S/C12H16FNO4S/c1-7(2)14(4)19(17,18)11-6-9(12(15)16)5-10(13)8(11)3/h5-7H,1-4H3,(H,15,16). The molecule has 0 atom stereocenters. The second kappa shape index (κ2) is 5.26. The fraction of sp³-hybridized carbons (Fsp3) is 0.417. The van der Waals surface area contributed by atoms with E-state index in [1.165, 1.54) is 14.0 Å². The van der Waals surface area contributed by atoms with Gasteiger partial charge in [0.1, 0.15) is 5.82 Å². The predicted octanol–water partition coefficient (Wildman–Crippen LogP) is 1.86. The number of aromatic carboxylic acids is 1. The van der Waals surface area contributed by atoms with Crippen LogP contribution in [-0.2, 0) is 10.0 Å². The van der Waals surface area contributed by atoms with Crippen LogP contribution >= 0.6 is 0 Å². The molecule has 0 spiro atoms. The van der Waals surface area contributed by atoms with Gasteiger partial charge >= 0.3 is 5.97 Å². The lowest BCUT2D eigenvalue weighted by Gasteiger charge is -2.22. The first kappa shape index (κ1) is 15.6. The topological polar surface area (TPSA) is 74.7 Å². The molecule has 0 bridgehead atoms. The van der Waals surface area contributed by atoms with Gasteiger partial charge < -0.3 is 5.11 Å². The van der Waals surface area contributed by atoms with Crippen molar-refractivity contribution < 1.29 is 22.7 Å². The molecule has 0 aromatic heterocycles. The molecule has 1 rings (SSSR count). The van der Waals surface area contributed by atoms with Crippen LogP contribution in [0.1, 0.15) is 29.8 Å². The summed E-state index contributed by atoms with van der Waals surface area (Å²) in [6, 6.07) is 1.47. The van der Waals surface area contributed by atoms with Crippen LogP contribution in [0.2, 0.25) is 0 Å². The number of carbonyl (C=O) groups is 1. The molecule has 19 heavy (non-hydrogen) atoms. The Morgan fingerprint density at radius 3 is 2.32 bits per heavy atom. The van der Waals surface area contributed by atoms with Gasteiger partial charge in [0.2, 0.25) is 10.0 Å². The molecule has 1 aromatic rings. The van der Waals surface area contributed by atoms with E-state index in [1.807, 2.05) is 0 Å². The number of carboxylic acid groups (broad SMARTS) is 1. The van der Waals surface area contributed by atoms with E-state index in [2.05, 4.69) is 0 Å². The molecule has 0 saturated carbocycles. The van der Waals surface area contributed by atoms with Gasteiger partial charge in [0.25, 0.3) is 0 Å². The summed E-state index contributed by atoms with van der Waals surface area (Å²) in [4.78, 5) is 10.6. The number of hydrogen-bond donors (Lipinski definition) is 1. The highest BCUT2D eigenvalue weighted by atomic mass is 32.2. The van der Waals surface area contributed by atoms with E-state index in [0.717, 1.165) is 16.4 Å². The molecule has 0 fully saturated rings. The number of hydrogen-bond acceptors (Lipinski definition) is 3.